The first kappa shape index (κ1) is 29.5. The summed E-state index contributed by atoms with van der Waals surface area (Å²) in [5.74, 6) is -1.48. The summed E-state index contributed by atoms with van der Waals surface area (Å²) in [4.78, 5) is 41.7. The minimum atomic E-state index is -0.915. The van der Waals surface area contributed by atoms with Crippen LogP contribution in [0.2, 0.25) is 5.02 Å². The highest BCUT2D eigenvalue weighted by molar-refractivity contribution is 6.31. The van der Waals surface area contributed by atoms with Crippen LogP contribution in [-0.2, 0) is 44.9 Å². The highest BCUT2D eigenvalue weighted by Gasteiger charge is 2.69. The smallest absolute Gasteiger partial charge is 0.308 e. The zero-order valence-electron chi connectivity index (χ0n) is 24.8. The fourth-order valence-corrected chi connectivity index (χ4v) is 7.58. The first-order valence-electron chi connectivity index (χ1n) is 15.2. The molecule has 13 heteroatoms. The minimum absolute atomic E-state index is 0.0317. The summed E-state index contributed by atoms with van der Waals surface area (Å²) in [5, 5.41) is 9.71. The fourth-order valence-electron chi connectivity index (χ4n) is 7.41. The van der Waals surface area contributed by atoms with E-state index in [1.54, 1.807) is 29.2 Å². The van der Waals surface area contributed by atoms with Gasteiger partial charge in [0.25, 0.3) is 0 Å². The van der Waals surface area contributed by atoms with Gasteiger partial charge in [0.15, 0.2) is 11.9 Å². The Morgan fingerprint density at radius 3 is 2.80 bits per heavy atom. The number of hydrogen-bond donors (Lipinski definition) is 0. The van der Waals surface area contributed by atoms with Gasteiger partial charge >= 0.3 is 11.9 Å². The quantitative estimate of drug-likeness (QED) is 0.258. The van der Waals surface area contributed by atoms with Gasteiger partial charge < -0.3 is 18.9 Å². The molecule has 6 heterocycles. The number of hydrogen-bond acceptors (Lipinski definition) is 11. The van der Waals surface area contributed by atoms with Gasteiger partial charge in [-0.25, -0.2) is 14.5 Å². The lowest BCUT2D eigenvalue weighted by molar-refractivity contribution is -0.576. The van der Waals surface area contributed by atoms with E-state index < -0.39 is 35.9 Å². The second-order valence-electron chi connectivity index (χ2n) is 12.6. The standard InChI is InChI=1S/C31H35ClN4O8/c1-17-4-7-23-18(2)28(41-29-31(23)22(17)10-12-30(3,42-29)43-44-31)40-27(38)9-8-26(37)39-16-20-15-36(35-34-20)25-11-13-33-24-14-19(32)5-6-21(24)25/h5-6,11,13-15,17-18,22-23,28-29H,4,7-10,12,16H2,1-3H3/t17-,18-,22+,23+,28-,29-,30+,31-/m1/s1. The van der Waals surface area contributed by atoms with E-state index >= 15 is 0 Å². The van der Waals surface area contributed by atoms with Gasteiger partial charge in [0, 0.05) is 34.9 Å². The maximum Gasteiger partial charge on any atom is 0.308 e. The molecule has 1 aliphatic carbocycles. The van der Waals surface area contributed by atoms with E-state index in [9.17, 15) is 9.59 Å². The number of benzene rings is 1. The van der Waals surface area contributed by atoms with Gasteiger partial charge in [-0.3, -0.25) is 14.6 Å². The highest BCUT2D eigenvalue weighted by atomic mass is 35.5. The zero-order chi connectivity index (χ0) is 30.6. The van der Waals surface area contributed by atoms with Gasteiger partial charge in [0.2, 0.25) is 12.1 Å². The van der Waals surface area contributed by atoms with E-state index in [0.717, 1.165) is 35.9 Å². The van der Waals surface area contributed by atoms with Crippen LogP contribution in [0, 0.1) is 23.7 Å². The van der Waals surface area contributed by atoms with Gasteiger partial charge in [-0.05, 0) is 62.3 Å². The number of aromatic nitrogens is 4. The SMILES string of the molecule is C[C@H]1[C@H](OC(=O)CCC(=O)OCc2cn(-c3ccnc4cc(Cl)ccc34)nn2)O[C@@H]2O[C@]3(C)CC[C@H]4[C@H](C)CC[C@@H]1[C@@]24OO3. The molecule has 1 spiro atoms. The number of ether oxygens (including phenoxy) is 4. The van der Waals surface area contributed by atoms with Crippen LogP contribution in [0.15, 0.2) is 36.7 Å². The molecule has 4 saturated heterocycles. The minimum Gasteiger partial charge on any atom is -0.459 e. The van der Waals surface area contributed by atoms with Crippen molar-refractivity contribution in [1.29, 1.82) is 0 Å². The number of rotatable bonds is 7. The Morgan fingerprint density at radius 1 is 1.09 bits per heavy atom. The van der Waals surface area contributed by atoms with Crippen LogP contribution in [0.4, 0.5) is 0 Å². The molecular formula is C31H35ClN4O8. The predicted octanol–water partition coefficient (Wildman–Crippen LogP) is 5.04. The summed E-state index contributed by atoms with van der Waals surface area (Å²) < 4.78 is 25.3. The molecule has 0 unspecified atom stereocenters. The highest BCUT2D eigenvalue weighted by Crippen LogP contribution is 2.60. The van der Waals surface area contributed by atoms with Crippen LogP contribution in [0.5, 0.6) is 0 Å². The van der Waals surface area contributed by atoms with Crippen molar-refractivity contribution in [3.05, 3.63) is 47.4 Å². The van der Waals surface area contributed by atoms with Gasteiger partial charge in [-0.15, -0.1) is 5.10 Å². The van der Waals surface area contributed by atoms with E-state index in [2.05, 4.69) is 22.2 Å². The van der Waals surface area contributed by atoms with Crippen LogP contribution in [-0.4, -0.2) is 55.9 Å². The molecule has 2 bridgehead atoms. The number of carbonyl (C=O) groups excluding carboxylic acids is 2. The zero-order valence-corrected chi connectivity index (χ0v) is 25.6. The normalized spacial score (nSPS) is 34.3. The summed E-state index contributed by atoms with van der Waals surface area (Å²) in [6.07, 6.45) is 5.05. The Morgan fingerprint density at radius 2 is 1.93 bits per heavy atom. The molecule has 1 saturated carbocycles. The third-order valence-electron chi connectivity index (χ3n) is 9.73. The summed E-state index contributed by atoms with van der Waals surface area (Å²) in [6, 6.07) is 7.22. The number of halogens is 1. The Kier molecular flexibility index (Phi) is 7.61. The van der Waals surface area contributed by atoms with Crippen LogP contribution >= 0.6 is 11.6 Å². The first-order valence-corrected chi connectivity index (χ1v) is 15.5. The summed E-state index contributed by atoms with van der Waals surface area (Å²) >= 11 is 6.09. The van der Waals surface area contributed by atoms with E-state index in [-0.39, 0.29) is 37.2 Å². The van der Waals surface area contributed by atoms with Gasteiger partial charge in [0.05, 0.1) is 30.2 Å². The van der Waals surface area contributed by atoms with Crippen molar-refractivity contribution >= 4 is 34.4 Å². The molecule has 2 aromatic heterocycles. The molecule has 8 rings (SSSR count). The molecule has 0 amide bonds. The monoisotopic (exact) mass is 626 g/mol. The Labute approximate surface area is 259 Å². The Balaban J connectivity index is 0.936. The average molecular weight is 627 g/mol. The molecule has 3 aromatic rings. The topological polar surface area (TPSA) is 133 Å². The van der Waals surface area contributed by atoms with Crippen molar-refractivity contribution < 1.29 is 38.3 Å². The fraction of sp³-hybridized carbons (Fsp3) is 0.581. The third kappa shape index (κ3) is 5.16. The van der Waals surface area contributed by atoms with Crippen LogP contribution in [0.1, 0.15) is 65.0 Å². The Hall–Kier alpha value is -3.16. The molecule has 0 N–H and O–H groups in total. The van der Waals surface area contributed by atoms with Crippen LogP contribution in [0.25, 0.3) is 16.6 Å². The molecule has 8 atom stereocenters. The maximum atomic E-state index is 12.9. The maximum absolute atomic E-state index is 12.9. The molecule has 4 aliphatic heterocycles. The lowest BCUT2D eigenvalue weighted by Crippen LogP contribution is -2.70. The molecule has 44 heavy (non-hydrogen) atoms. The van der Waals surface area contributed by atoms with E-state index in [1.807, 2.05) is 26.0 Å². The lowest BCUT2D eigenvalue weighted by atomic mass is 9.58. The number of fused-ring (bicyclic) bond motifs is 3. The van der Waals surface area contributed by atoms with Crippen molar-refractivity contribution in [2.75, 3.05) is 0 Å². The number of nitrogens with zero attached hydrogens (tertiary/aromatic N) is 4. The molecule has 234 valence electrons. The van der Waals surface area contributed by atoms with Crippen LogP contribution in [0.3, 0.4) is 0 Å². The summed E-state index contributed by atoms with van der Waals surface area (Å²) in [5.41, 5.74) is 1.20. The van der Waals surface area contributed by atoms with E-state index in [0.29, 0.717) is 23.1 Å². The van der Waals surface area contributed by atoms with Gasteiger partial charge in [-0.2, -0.15) is 0 Å². The predicted molar refractivity (Wildman–Crippen MR) is 154 cm³/mol. The molecule has 5 aliphatic rings. The molecular weight excluding hydrogens is 592 g/mol. The van der Waals surface area contributed by atoms with Gasteiger partial charge in [-0.1, -0.05) is 30.7 Å². The molecule has 12 nitrogen and oxygen atoms in total. The van der Waals surface area contributed by atoms with Crippen molar-refractivity contribution in [1.82, 2.24) is 20.0 Å². The summed E-state index contributed by atoms with van der Waals surface area (Å²) in [7, 11) is 0. The summed E-state index contributed by atoms with van der Waals surface area (Å²) in [6.45, 7) is 6.01. The second kappa shape index (κ2) is 11.3. The molecule has 0 radical (unpaired) electrons. The average Bonchev–Trinajstić information content (AvgIpc) is 3.36. The van der Waals surface area contributed by atoms with Crippen molar-refractivity contribution in [2.24, 2.45) is 23.7 Å². The van der Waals surface area contributed by atoms with Gasteiger partial charge in [0.1, 0.15) is 12.3 Å². The lowest BCUT2D eigenvalue weighted by Gasteiger charge is -2.59. The molecule has 1 aromatic carbocycles. The van der Waals surface area contributed by atoms with Crippen molar-refractivity contribution in [3.8, 4) is 5.69 Å². The first-order chi connectivity index (χ1) is 21.1. The number of esters is 2. The number of pyridine rings is 1. The van der Waals surface area contributed by atoms with Crippen LogP contribution < -0.4 is 0 Å². The van der Waals surface area contributed by atoms with E-state index in [4.69, 9.17) is 40.3 Å². The van der Waals surface area contributed by atoms with Crippen molar-refractivity contribution in [3.63, 3.8) is 0 Å². The number of carbonyl (C=O) groups is 2. The Bertz CT molecular complexity index is 1580. The largest absolute Gasteiger partial charge is 0.459 e. The molecule has 5 fully saturated rings. The second-order valence-corrected chi connectivity index (χ2v) is 13.0. The third-order valence-corrected chi connectivity index (χ3v) is 9.96. The van der Waals surface area contributed by atoms with E-state index in [1.165, 1.54) is 0 Å². The van der Waals surface area contributed by atoms with Crippen molar-refractivity contribution in [2.45, 2.75) is 89.9 Å².